The maximum atomic E-state index is 13.1. The highest BCUT2D eigenvalue weighted by atomic mass is 32.2. The molecule has 4 aliphatic heterocycles. The van der Waals surface area contributed by atoms with Gasteiger partial charge in [-0.05, 0) is 234 Å². The molecule has 4 atom stereocenters. The maximum absolute atomic E-state index is 13.1. The third-order valence-corrected chi connectivity index (χ3v) is 22.2. The summed E-state index contributed by atoms with van der Waals surface area (Å²) < 4.78 is 25.8. The standard InChI is InChI=1S/C27H41N3O2.C22H36N2O2S.C21H32N2O.2H2/c1-20(31)30-16-7-10-24(30)25(32)28-23-11-12-27(22-9-6-5-8-21(22)23)14-18-29(19-15-27)17-13-26(2,3)4;1-21(2,3)12-15-24-16-13-22(14-17-24)11-10-20(23(4)27(5,25)26)18-8-6-7-9-19(18)22;1-16(2)9-13-23-14-11-21(12-15-23)10-8-20(22-17(3)24)18-6-4-5-7-19(18)21;;/h5-6,8-9,23-24H,7,10-19H2,1-4H3,(H,28,32);6-9,20H,10-17H2,1-5H3;4-7,16,20H,8-15H2,1-3H3,(H,22,24);2*1H/t23-,24+;2*20-;;/m000../s1. The number of piperidine rings is 3. The first-order chi connectivity index (χ1) is 39.2. The van der Waals surface area contributed by atoms with E-state index in [4.69, 9.17) is 0 Å². The van der Waals surface area contributed by atoms with Crippen LogP contribution in [0.4, 0.5) is 0 Å². The Morgan fingerprint density at radius 2 is 0.976 bits per heavy atom. The molecule has 2 N–H and O–H groups in total. The predicted octanol–water partition coefficient (Wildman–Crippen LogP) is 13.1. The Kier molecular flexibility index (Phi) is 21.3. The van der Waals surface area contributed by atoms with Gasteiger partial charge in [-0.1, -0.05) is 128 Å². The predicted molar refractivity (Wildman–Crippen MR) is 344 cm³/mol. The number of amides is 3. The highest BCUT2D eigenvalue weighted by Crippen LogP contribution is 2.52. The van der Waals surface area contributed by atoms with E-state index in [2.05, 4.69) is 154 Å². The number of sulfonamides is 1. The number of rotatable bonds is 12. The molecule has 4 saturated heterocycles. The van der Waals surface area contributed by atoms with Crippen molar-refractivity contribution in [3.63, 3.8) is 0 Å². The lowest BCUT2D eigenvalue weighted by Crippen LogP contribution is -2.49. The molecule has 3 aromatic rings. The fourth-order valence-electron chi connectivity index (χ4n) is 15.4. The molecule has 83 heavy (non-hydrogen) atoms. The molecule has 0 saturated carbocycles. The molecular formula is C70H113N7O5S. The summed E-state index contributed by atoms with van der Waals surface area (Å²) in [6, 6.07) is 26.1. The largest absolute Gasteiger partial charge is 0.350 e. The van der Waals surface area contributed by atoms with E-state index in [-0.39, 0.29) is 55.6 Å². The second kappa shape index (κ2) is 27.3. The van der Waals surface area contributed by atoms with E-state index in [1.54, 1.807) is 30.1 Å². The lowest BCUT2D eigenvalue weighted by atomic mass is 9.63. The summed E-state index contributed by atoms with van der Waals surface area (Å²) in [4.78, 5) is 46.2. The summed E-state index contributed by atoms with van der Waals surface area (Å²) in [5, 5.41) is 6.48. The van der Waals surface area contributed by atoms with Gasteiger partial charge in [0.25, 0.3) is 0 Å². The zero-order valence-corrected chi connectivity index (χ0v) is 54.4. The van der Waals surface area contributed by atoms with Crippen molar-refractivity contribution < 1.29 is 25.7 Å². The lowest BCUT2D eigenvalue weighted by molar-refractivity contribution is -0.137. The van der Waals surface area contributed by atoms with Gasteiger partial charge in [-0.2, -0.15) is 4.31 Å². The number of carbonyl (C=O) groups excluding carboxylic acids is 3. The van der Waals surface area contributed by atoms with Crippen molar-refractivity contribution in [2.45, 2.75) is 219 Å². The maximum Gasteiger partial charge on any atom is 0.243 e. The number of nitrogens with zero attached hydrogens (tertiary/aromatic N) is 5. The minimum atomic E-state index is -3.19. The van der Waals surface area contributed by atoms with Gasteiger partial charge in [0.1, 0.15) is 6.04 Å². The number of fused-ring (bicyclic) bond motifs is 6. The molecule has 3 amide bonds. The van der Waals surface area contributed by atoms with E-state index < -0.39 is 10.0 Å². The van der Waals surface area contributed by atoms with Gasteiger partial charge in [0.2, 0.25) is 27.7 Å². The SMILES string of the molecule is CC(=O)N1CCC[C@@H]1C(=O)N[C@H]1CCC2(CCN(CCC(C)(C)C)CC2)c2ccccc21.CC(=O)N[C@H]1CCC2(CCN(CCC(C)C)CC2)c2ccccc21.CN([C@H]1CCC2(CCN(CCC(C)(C)C)CC2)c2ccccc21)S(C)(=O)=O.[HH].[HH]. The van der Waals surface area contributed by atoms with Crippen molar-refractivity contribution in [1.29, 1.82) is 0 Å². The van der Waals surface area contributed by atoms with E-state index in [0.29, 0.717) is 22.8 Å². The molecule has 3 spiro atoms. The summed E-state index contributed by atoms with van der Waals surface area (Å²) in [6.07, 6.45) is 20.5. The molecule has 13 heteroatoms. The number of nitrogens with one attached hydrogen (secondary N) is 2. The Balaban J connectivity index is 0.000000204. The Labute approximate surface area is 506 Å². The molecule has 12 nitrogen and oxygen atoms in total. The Morgan fingerprint density at radius 1 is 0.578 bits per heavy atom. The van der Waals surface area contributed by atoms with Crippen molar-refractivity contribution in [3.8, 4) is 0 Å². The summed E-state index contributed by atoms with van der Waals surface area (Å²) in [5.41, 5.74) is 9.79. The molecule has 0 unspecified atom stereocenters. The third-order valence-electron chi connectivity index (χ3n) is 20.9. The number of carbonyl (C=O) groups is 3. The summed E-state index contributed by atoms with van der Waals surface area (Å²) in [6.45, 7) is 33.1. The van der Waals surface area contributed by atoms with Crippen LogP contribution in [0.2, 0.25) is 0 Å². The zero-order chi connectivity index (χ0) is 60.0. The van der Waals surface area contributed by atoms with Crippen LogP contribution in [0.15, 0.2) is 72.8 Å². The summed E-state index contributed by atoms with van der Waals surface area (Å²) >= 11 is 0. The molecule has 4 heterocycles. The smallest absolute Gasteiger partial charge is 0.243 e. The van der Waals surface area contributed by atoms with E-state index in [1.807, 2.05) is 0 Å². The monoisotopic (exact) mass is 1160 g/mol. The van der Waals surface area contributed by atoms with Crippen LogP contribution in [0.1, 0.15) is 233 Å². The van der Waals surface area contributed by atoms with E-state index in [9.17, 15) is 22.8 Å². The molecule has 464 valence electrons. The molecular weight excluding hydrogens is 1050 g/mol. The second-order valence-corrected chi connectivity index (χ2v) is 31.6. The molecule has 3 aliphatic carbocycles. The highest BCUT2D eigenvalue weighted by molar-refractivity contribution is 7.88. The molecule has 0 radical (unpaired) electrons. The minimum absolute atomic E-state index is 0. The molecule has 7 aliphatic rings. The van der Waals surface area contributed by atoms with Gasteiger partial charge in [0.05, 0.1) is 18.3 Å². The average Bonchev–Trinajstić information content (AvgIpc) is 1.35. The van der Waals surface area contributed by atoms with Crippen molar-refractivity contribution >= 4 is 27.7 Å². The van der Waals surface area contributed by atoms with Gasteiger partial charge in [-0.15, -0.1) is 0 Å². The van der Waals surface area contributed by atoms with E-state index in [1.165, 1.54) is 137 Å². The summed E-state index contributed by atoms with van der Waals surface area (Å²) in [5.74, 6) is 0.887. The normalized spacial score (nSPS) is 24.2. The van der Waals surface area contributed by atoms with Crippen LogP contribution in [-0.4, -0.2) is 135 Å². The second-order valence-electron chi connectivity index (χ2n) is 29.5. The van der Waals surface area contributed by atoms with Crippen LogP contribution in [0, 0.1) is 16.7 Å². The van der Waals surface area contributed by atoms with Crippen LogP contribution in [0.3, 0.4) is 0 Å². The fourth-order valence-corrected chi connectivity index (χ4v) is 16.1. The Morgan fingerprint density at radius 3 is 1.39 bits per heavy atom. The van der Waals surface area contributed by atoms with Crippen LogP contribution >= 0.6 is 0 Å². The first-order valence-electron chi connectivity index (χ1n) is 32.4. The van der Waals surface area contributed by atoms with Crippen LogP contribution in [0.5, 0.6) is 0 Å². The Hall–Kier alpha value is -4.14. The van der Waals surface area contributed by atoms with E-state index >= 15 is 0 Å². The molecule has 0 aromatic heterocycles. The molecule has 3 aromatic carbocycles. The average molecular weight is 1160 g/mol. The van der Waals surface area contributed by atoms with Gasteiger partial charge in [0.15, 0.2) is 0 Å². The topological polar surface area (TPSA) is 126 Å². The van der Waals surface area contributed by atoms with E-state index in [0.717, 1.165) is 77.0 Å². The third kappa shape index (κ3) is 16.3. The van der Waals surface area contributed by atoms with Crippen molar-refractivity contribution in [3.05, 3.63) is 106 Å². The first kappa shape index (κ1) is 64.8. The Bertz CT molecular complexity index is 2770. The number of likely N-dealkylation sites (tertiary alicyclic amines) is 4. The highest BCUT2D eigenvalue weighted by Gasteiger charge is 2.46. The number of benzene rings is 3. The molecule has 10 rings (SSSR count). The van der Waals surface area contributed by atoms with Gasteiger partial charge in [-0.25, -0.2) is 8.42 Å². The van der Waals surface area contributed by atoms with Crippen molar-refractivity contribution in [2.24, 2.45) is 16.7 Å². The quantitative estimate of drug-likeness (QED) is 0.184. The minimum Gasteiger partial charge on any atom is -0.350 e. The summed E-state index contributed by atoms with van der Waals surface area (Å²) in [7, 11) is -1.47. The fraction of sp³-hybridized carbons (Fsp3) is 0.700. The van der Waals surface area contributed by atoms with Crippen molar-refractivity contribution in [2.75, 3.05) is 78.8 Å². The van der Waals surface area contributed by atoms with Crippen molar-refractivity contribution in [1.82, 2.24) is 34.5 Å². The lowest BCUT2D eigenvalue weighted by Gasteiger charge is -2.48. The number of hydrogen-bond acceptors (Lipinski definition) is 8. The van der Waals surface area contributed by atoms with Crippen LogP contribution < -0.4 is 10.6 Å². The van der Waals surface area contributed by atoms with Crippen LogP contribution in [-0.2, 0) is 40.7 Å². The first-order valence-corrected chi connectivity index (χ1v) is 34.3. The van der Waals surface area contributed by atoms with Crippen LogP contribution in [0.25, 0.3) is 0 Å². The molecule has 0 bridgehead atoms. The van der Waals surface area contributed by atoms with Gasteiger partial charge in [0, 0.05) is 36.3 Å². The number of hydrogen-bond donors (Lipinski definition) is 2. The van der Waals surface area contributed by atoms with Gasteiger partial charge in [-0.3, -0.25) is 14.4 Å². The van der Waals surface area contributed by atoms with Gasteiger partial charge < -0.3 is 30.2 Å². The zero-order valence-electron chi connectivity index (χ0n) is 53.6. The molecule has 4 fully saturated rings. The van der Waals surface area contributed by atoms with Gasteiger partial charge >= 0.3 is 0 Å².